The number of aromatic nitrogens is 3. The average molecular weight is 330 g/mol. The number of carbonyl (C=O) groups excluding carboxylic acids is 1. The molecule has 0 aliphatic carbocycles. The molecule has 0 radical (unpaired) electrons. The summed E-state index contributed by atoms with van der Waals surface area (Å²) >= 11 is 11.5. The van der Waals surface area contributed by atoms with E-state index in [9.17, 15) is 14.9 Å². The minimum Gasteiger partial charge on any atom is -0.342 e. The lowest BCUT2D eigenvalue weighted by Crippen LogP contribution is -2.27. The van der Waals surface area contributed by atoms with Crippen molar-refractivity contribution < 1.29 is 9.72 Å². The van der Waals surface area contributed by atoms with Crippen LogP contribution in [0.3, 0.4) is 0 Å². The normalized spacial score (nSPS) is 12.0. The van der Waals surface area contributed by atoms with Crippen LogP contribution >= 0.6 is 23.2 Å². The van der Waals surface area contributed by atoms with Crippen molar-refractivity contribution in [3.8, 4) is 0 Å². The molecular weight excluding hydrogens is 321 g/mol. The Morgan fingerprint density at radius 1 is 1.48 bits per heavy atom. The van der Waals surface area contributed by atoms with Crippen molar-refractivity contribution in [2.45, 2.75) is 13.0 Å². The van der Waals surface area contributed by atoms with Gasteiger partial charge in [0.25, 0.3) is 11.6 Å². The first-order chi connectivity index (χ1) is 9.90. The van der Waals surface area contributed by atoms with Crippen LogP contribution in [0.1, 0.15) is 29.1 Å². The molecule has 21 heavy (non-hydrogen) atoms. The van der Waals surface area contributed by atoms with Gasteiger partial charge in [0, 0.05) is 11.6 Å². The quantitative estimate of drug-likeness (QED) is 0.660. The van der Waals surface area contributed by atoms with E-state index in [0.29, 0.717) is 5.82 Å². The van der Waals surface area contributed by atoms with E-state index in [1.165, 1.54) is 12.4 Å². The zero-order valence-electron chi connectivity index (χ0n) is 10.6. The molecule has 1 unspecified atom stereocenters. The second-order valence-electron chi connectivity index (χ2n) is 4.11. The molecule has 0 aliphatic rings. The Morgan fingerprint density at radius 3 is 2.76 bits per heavy atom. The highest BCUT2D eigenvalue weighted by Crippen LogP contribution is 2.33. The predicted octanol–water partition coefficient (Wildman–Crippen LogP) is 2.51. The van der Waals surface area contributed by atoms with Crippen LogP contribution in [0.15, 0.2) is 18.5 Å². The molecule has 1 aromatic carbocycles. The summed E-state index contributed by atoms with van der Waals surface area (Å²) in [5, 5.41) is 19.5. The lowest BCUT2D eigenvalue weighted by Gasteiger charge is -2.11. The Labute approximate surface area is 128 Å². The molecular formula is C11H9Cl2N5O3. The van der Waals surface area contributed by atoms with Crippen LogP contribution in [0.2, 0.25) is 10.0 Å². The fourth-order valence-electron chi connectivity index (χ4n) is 1.61. The number of carbonyl (C=O) groups is 1. The van der Waals surface area contributed by atoms with Gasteiger partial charge in [-0.2, -0.15) is 5.10 Å². The van der Waals surface area contributed by atoms with Crippen LogP contribution in [-0.2, 0) is 0 Å². The molecule has 1 atom stereocenters. The van der Waals surface area contributed by atoms with Gasteiger partial charge in [-0.25, -0.2) is 4.98 Å². The van der Waals surface area contributed by atoms with Gasteiger partial charge in [0.2, 0.25) is 0 Å². The van der Waals surface area contributed by atoms with Gasteiger partial charge in [0.15, 0.2) is 0 Å². The molecule has 2 rings (SSSR count). The summed E-state index contributed by atoms with van der Waals surface area (Å²) in [6.07, 6.45) is 1.31. The Bertz CT molecular complexity index is 689. The van der Waals surface area contributed by atoms with E-state index in [-0.39, 0.29) is 15.6 Å². The second kappa shape index (κ2) is 6.06. The summed E-state index contributed by atoms with van der Waals surface area (Å²) in [6, 6.07) is 1.88. The molecule has 110 valence electrons. The molecule has 0 bridgehead atoms. The number of nitrogens with zero attached hydrogens (tertiary/aromatic N) is 3. The molecule has 2 aromatic rings. The number of nitrogens with one attached hydrogen (secondary N) is 2. The van der Waals surface area contributed by atoms with Crippen LogP contribution in [0.25, 0.3) is 0 Å². The highest BCUT2D eigenvalue weighted by atomic mass is 35.5. The molecule has 0 spiro atoms. The van der Waals surface area contributed by atoms with Crippen LogP contribution in [-0.4, -0.2) is 26.0 Å². The molecule has 0 saturated heterocycles. The van der Waals surface area contributed by atoms with E-state index < -0.39 is 22.6 Å². The first-order valence-corrected chi connectivity index (χ1v) is 6.45. The molecule has 0 saturated carbocycles. The fourth-order valence-corrected chi connectivity index (χ4v) is 2.00. The number of amides is 1. The van der Waals surface area contributed by atoms with E-state index in [2.05, 4.69) is 20.5 Å². The van der Waals surface area contributed by atoms with Crippen molar-refractivity contribution >= 4 is 34.8 Å². The maximum absolute atomic E-state index is 12.1. The molecule has 0 fully saturated rings. The van der Waals surface area contributed by atoms with Crippen molar-refractivity contribution in [1.82, 2.24) is 20.5 Å². The first kappa shape index (κ1) is 15.2. The lowest BCUT2D eigenvalue weighted by atomic mass is 10.1. The Morgan fingerprint density at radius 2 is 2.19 bits per heavy atom. The van der Waals surface area contributed by atoms with E-state index in [1.54, 1.807) is 6.92 Å². The number of hydrogen-bond acceptors (Lipinski definition) is 5. The van der Waals surface area contributed by atoms with Gasteiger partial charge in [-0.15, -0.1) is 0 Å². The maximum atomic E-state index is 12.1. The minimum absolute atomic E-state index is 0.0301. The van der Waals surface area contributed by atoms with Gasteiger partial charge >= 0.3 is 0 Å². The summed E-state index contributed by atoms with van der Waals surface area (Å²) in [5.41, 5.74) is -0.399. The second-order valence-corrected chi connectivity index (χ2v) is 4.90. The fraction of sp³-hybridized carbons (Fsp3) is 0.182. The van der Waals surface area contributed by atoms with E-state index in [1.807, 2.05) is 0 Å². The number of nitro benzene ring substituents is 1. The summed E-state index contributed by atoms with van der Waals surface area (Å²) in [7, 11) is 0. The summed E-state index contributed by atoms with van der Waals surface area (Å²) in [5.74, 6) is -0.0847. The summed E-state index contributed by atoms with van der Waals surface area (Å²) in [4.78, 5) is 26.2. The summed E-state index contributed by atoms with van der Waals surface area (Å²) in [6.45, 7) is 1.68. The van der Waals surface area contributed by atoms with Gasteiger partial charge in [0.1, 0.15) is 17.2 Å². The monoisotopic (exact) mass is 329 g/mol. The summed E-state index contributed by atoms with van der Waals surface area (Å²) < 4.78 is 0. The van der Waals surface area contributed by atoms with Crippen molar-refractivity contribution in [1.29, 1.82) is 0 Å². The lowest BCUT2D eigenvalue weighted by molar-refractivity contribution is -0.384. The highest BCUT2D eigenvalue weighted by molar-refractivity contribution is 6.43. The SMILES string of the molecule is CC(NC(=O)c1cc(Cl)c(Cl)c([N+](=O)[O-])c1)c1ncn[nH]1. The van der Waals surface area contributed by atoms with E-state index >= 15 is 0 Å². The number of benzene rings is 1. The molecule has 10 heteroatoms. The van der Waals surface area contributed by atoms with Crippen molar-refractivity contribution in [2.75, 3.05) is 0 Å². The van der Waals surface area contributed by atoms with Crippen LogP contribution in [0.4, 0.5) is 5.69 Å². The first-order valence-electron chi connectivity index (χ1n) is 5.69. The molecule has 1 amide bonds. The predicted molar refractivity (Wildman–Crippen MR) is 75.4 cm³/mol. The van der Waals surface area contributed by atoms with Crippen LogP contribution in [0, 0.1) is 10.1 Å². The van der Waals surface area contributed by atoms with Gasteiger partial charge in [-0.1, -0.05) is 23.2 Å². The zero-order valence-corrected chi connectivity index (χ0v) is 12.1. The zero-order chi connectivity index (χ0) is 15.6. The highest BCUT2D eigenvalue weighted by Gasteiger charge is 2.21. The van der Waals surface area contributed by atoms with Gasteiger partial charge in [-0.3, -0.25) is 20.0 Å². The molecule has 8 nitrogen and oxygen atoms in total. The number of H-pyrrole nitrogens is 1. The minimum atomic E-state index is -0.704. The van der Waals surface area contributed by atoms with E-state index in [4.69, 9.17) is 23.2 Å². The van der Waals surface area contributed by atoms with Crippen molar-refractivity contribution in [3.63, 3.8) is 0 Å². The number of rotatable bonds is 4. The number of hydrogen-bond donors (Lipinski definition) is 2. The van der Waals surface area contributed by atoms with Crippen molar-refractivity contribution in [3.05, 3.63) is 50.0 Å². The third-order valence-electron chi connectivity index (χ3n) is 2.66. The van der Waals surface area contributed by atoms with E-state index in [0.717, 1.165) is 6.07 Å². The largest absolute Gasteiger partial charge is 0.342 e. The Kier molecular flexibility index (Phi) is 4.39. The molecule has 1 aromatic heterocycles. The average Bonchev–Trinajstić information content (AvgIpc) is 2.95. The smallest absolute Gasteiger partial charge is 0.290 e. The van der Waals surface area contributed by atoms with Gasteiger partial charge in [-0.05, 0) is 13.0 Å². The molecule has 2 N–H and O–H groups in total. The van der Waals surface area contributed by atoms with Crippen molar-refractivity contribution in [2.24, 2.45) is 0 Å². The molecule has 1 heterocycles. The third kappa shape index (κ3) is 3.29. The maximum Gasteiger partial charge on any atom is 0.290 e. The van der Waals surface area contributed by atoms with Crippen LogP contribution in [0.5, 0.6) is 0 Å². The van der Waals surface area contributed by atoms with Crippen LogP contribution < -0.4 is 5.32 Å². The van der Waals surface area contributed by atoms with Gasteiger partial charge in [0.05, 0.1) is 16.0 Å². The number of halogens is 2. The number of nitro groups is 1. The standard InChI is InChI=1S/C11H9Cl2N5O3/c1-5(10-14-4-15-17-10)16-11(19)6-2-7(12)9(13)8(3-6)18(20)21/h2-5H,1H3,(H,16,19)(H,14,15,17). The van der Waals surface area contributed by atoms with Gasteiger partial charge < -0.3 is 5.32 Å². The molecule has 0 aliphatic heterocycles. The number of aromatic amines is 1. The third-order valence-corrected chi connectivity index (χ3v) is 3.45. The topological polar surface area (TPSA) is 114 Å². The Hall–Kier alpha value is -2.19. The Balaban J connectivity index is 2.25.